The molecule has 3 heteroatoms. The third kappa shape index (κ3) is 4.47. The zero-order chi connectivity index (χ0) is 16.7. The van der Waals surface area contributed by atoms with Gasteiger partial charge in [-0.15, -0.1) is 0 Å². The predicted octanol–water partition coefficient (Wildman–Crippen LogP) is 5.40. The minimum absolute atomic E-state index is 0.0155. The molecule has 0 heterocycles. The molecule has 0 aliphatic rings. The summed E-state index contributed by atoms with van der Waals surface area (Å²) in [4.78, 5) is 12.0. The molecule has 0 spiro atoms. The molecule has 0 saturated heterocycles. The molecule has 0 amide bonds. The summed E-state index contributed by atoms with van der Waals surface area (Å²) in [6.45, 7) is 7.17. The van der Waals surface area contributed by atoms with Crippen molar-refractivity contribution in [3.05, 3.63) is 35.9 Å². The second-order valence-electron chi connectivity index (χ2n) is 5.79. The first-order chi connectivity index (χ1) is 11.2. The molecular formula is C20H26O3. The van der Waals surface area contributed by atoms with Crippen LogP contribution in [0.15, 0.2) is 30.3 Å². The minimum atomic E-state index is 0.0155. The van der Waals surface area contributed by atoms with E-state index in [1.54, 1.807) is 6.92 Å². The molecular weight excluding hydrogens is 288 g/mol. The van der Waals surface area contributed by atoms with E-state index in [1.165, 1.54) is 0 Å². The molecule has 0 radical (unpaired) electrons. The van der Waals surface area contributed by atoms with Crippen molar-refractivity contribution in [3.63, 3.8) is 0 Å². The monoisotopic (exact) mass is 314 g/mol. The SMILES string of the molecule is CCCCOc1cc2cccc(OCCCC)c2cc1C(C)=O. The number of ketones is 1. The number of unbranched alkanes of at least 4 members (excludes halogenated alkanes) is 2. The Kier molecular flexibility index (Phi) is 6.45. The minimum Gasteiger partial charge on any atom is -0.493 e. The molecule has 0 aliphatic carbocycles. The first-order valence-corrected chi connectivity index (χ1v) is 8.50. The van der Waals surface area contributed by atoms with Gasteiger partial charge in [0.05, 0.1) is 18.8 Å². The Morgan fingerprint density at radius 1 is 0.957 bits per heavy atom. The molecule has 2 aromatic rings. The van der Waals surface area contributed by atoms with Crippen molar-refractivity contribution in [2.75, 3.05) is 13.2 Å². The quantitative estimate of drug-likeness (QED) is 0.459. The molecule has 0 bridgehead atoms. The predicted molar refractivity (Wildman–Crippen MR) is 94.8 cm³/mol. The second kappa shape index (κ2) is 8.56. The summed E-state index contributed by atoms with van der Waals surface area (Å²) in [6, 6.07) is 9.82. The van der Waals surface area contributed by atoms with Crippen molar-refractivity contribution in [3.8, 4) is 11.5 Å². The van der Waals surface area contributed by atoms with Gasteiger partial charge in [-0.3, -0.25) is 4.79 Å². The third-order valence-corrected chi connectivity index (χ3v) is 3.83. The van der Waals surface area contributed by atoms with Gasteiger partial charge in [-0.05, 0) is 43.4 Å². The zero-order valence-electron chi connectivity index (χ0n) is 14.4. The van der Waals surface area contributed by atoms with Gasteiger partial charge in [0.15, 0.2) is 5.78 Å². The second-order valence-corrected chi connectivity index (χ2v) is 5.79. The topological polar surface area (TPSA) is 35.5 Å². The Balaban J connectivity index is 2.38. The first-order valence-electron chi connectivity index (χ1n) is 8.50. The maximum absolute atomic E-state index is 12.0. The van der Waals surface area contributed by atoms with E-state index in [-0.39, 0.29) is 5.78 Å². The van der Waals surface area contributed by atoms with Crippen molar-refractivity contribution in [2.24, 2.45) is 0 Å². The third-order valence-electron chi connectivity index (χ3n) is 3.83. The van der Waals surface area contributed by atoms with Crippen LogP contribution in [-0.4, -0.2) is 19.0 Å². The summed E-state index contributed by atoms with van der Waals surface area (Å²) in [5, 5.41) is 2.01. The number of hydrogen-bond donors (Lipinski definition) is 0. The highest BCUT2D eigenvalue weighted by molar-refractivity contribution is 6.02. The molecule has 2 aromatic carbocycles. The molecule has 0 fully saturated rings. The molecule has 0 saturated carbocycles. The fourth-order valence-electron chi connectivity index (χ4n) is 2.45. The van der Waals surface area contributed by atoms with Crippen molar-refractivity contribution in [1.29, 1.82) is 0 Å². The van der Waals surface area contributed by atoms with Crippen LogP contribution in [0.2, 0.25) is 0 Å². The molecule has 124 valence electrons. The number of carbonyl (C=O) groups excluding carboxylic acids is 1. The van der Waals surface area contributed by atoms with Gasteiger partial charge < -0.3 is 9.47 Å². The van der Waals surface area contributed by atoms with Crippen LogP contribution in [0.4, 0.5) is 0 Å². The number of rotatable bonds is 9. The van der Waals surface area contributed by atoms with Crippen LogP contribution in [0.1, 0.15) is 56.8 Å². The molecule has 0 aliphatic heterocycles. The fourth-order valence-corrected chi connectivity index (χ4v) is 2.45. The molecule has 0 atom stereocenters. The smallest absolute Gasteiger partial charge is 0.163 e. The number of fused-ring (bicyclic) bond motifs is 1. The van der Waals surface area contributed by atoms with E-state index in [1.807, 2.05) is 30.3 Å². The van der Waals surface area contributed by atoms with E-state index in [2.05, 4.69) is 13.8 Å². The van der Waals surface area contributed by atoms with Gasteiger partial charge in [0.1, 0.15) is 11.5 Å². The van der Waals surface area contributed by atoms with Crippen LogP contribution in [0.25, 0.3) is 10.8 Å². The number of hydrogen-bond acceptors (Lipinski definition) is 3. The van der Waals surface area contributed by atoms with E-state index in [0.29, 0.717) is 24.5 Å². The van der Waals surface area contributed by atoms with Gasteiger partial charge >= 0.3 is 0 Å². The van der Waals surface area contributed by atoms with Crippen LogP contribution >= 0.6 is 0 Å². The standard InChI is InChI=1S/C20H26O3/c1-4-6-11-22-19-10-8-9-16-13-20(23-12-7-5-2)17(15(3)21)14-18(16)19/h8-10,13-14H,4-7,11-12H2,1-3H3. The van der Waals surface area contributed by atoms with Gasteiger partial charge in [0, 0.05) is 5.39 Å². The fraction of sp³-hybridized carbons (Fsp3) is 0.450. The van der Waals surface area contributed by atoms with Gasteiger partial charge in [-0.1, -0.05) is 38.8 Å². The Morgan fingerprint density at radius 3 is 2.22 bits per heavy atom. The van der Waals surface area contributed by atoms with Crippen molar-refractivity contribution >= 4 is 16.6 Å². The Morgan fingerprint density at radius 2 is 1.61 bits per heavy atom. The van der Waals surface area contributed by atoms with Crippen LogP contribution in [0.5, 0.6) is 11.5 Å². The lowest BCUT2D eigenvalue weighted by molar-refractivity contribution is 0.101. The summed E-state index contributed by atoms with van der Waals surface area (Å²) in [7, 11) is 0. The van der Waals surface area contributed by atoms with Gasteiger partial charge in [-0.2, -0.15) is 0 Å². The lowest BCUT2D eigenvalue weighted by Gasteiger charge is -2.14. The zero-order valence-corrected chi connectivity index (χ0v) is 14.4. The largest absolute Gasteiger partial charge is 0.493 e. The van der Waals surface area contributed by atoms with E-state index >= 15 is 0 Å². The first kappa shape index (κ1) is 17.3. The Hall–Kier alpha value is -2.03. The van der Waals surface area contributed by atoms with Crippen LogP contribution in [0.3, 0.4) is 0 Å². The molecule has 3 nitrogen and oxygen atoms in total. The van der Waals surface area contributed by atoms with Crippen molar-refractivity contribution < 1.29 is 14.3 Å². The van der Waals surface area contributed by atoms with Gasteiger partial charge in [0.2, 0.25) is 0 Å². The summed E-state index contributed by atoms with van der Waals surface area (Å²) in [5.74, 6) is 1.52. The lowest BCUT2D eigenvalue weighted by Crippen LogP contribution is -2.03. The average molecular weight is 314 g/mol. The molecule has 0 N–H and O–H groups in total. The Labute approximate surface area is 138 Å². The van der Waals surface area contributed by atoms with E-state index in [9.17, 15) is 4.79 Å². The number of Topliss-reactive ketones (excluding diaryl/α,β-unsaturated/α-hetero) is 1. The lowest BCUT2D eigenvalue weighted by atomic mass is 10.0. The van der Waals surface area contributed by atoms with Crippen molar-refractivity contribution in [1.82, 2.24) is 0 Å². The van der Waals surface area contributed by atoms with Gasteiger partial charge in [-0.25, -0.2) is 0 Å². The average Bonchev–Trinajstić information content (AvgIpc) is 2.54. The summed E-state index contributed by atoms with van der Waals surface area (Å²) >= 11 is 0. The number of benzene rings is 2. The van der Waals surface area contributed by atoms with Crippen LogP contribution < -0.4 is 9.47 Å². The van der Waals surface area contributed by atoms with Gasteiger partial charge in [0.25, 0.3) is 0 Å². The maximum Gasteiger partial charge on any atom is 0.163 e. The summed E-state index contributed by atoms with van der Waals surface area (Å²) in [5.41, 5.74) is 0.625. The highest BCUT2D eigenvalue weighted by Crippen LogP contribution is 2.32. The Bertz CT molecular complexity index is 661. The van der Waals surface area contributed by atoms with E-state index in [0.717, 1.165) is 42.2 Å². The maximum atomic E-state index is 12.0. The van der Waals surface area contributed by atoms with Crippen LogP contribution in [0, 0.1) is 0 Å². The van der Waals surface area contributed by atoms with E-state index in [4.69, 9.17) is 9.47 Å². The number of carbonyl (C=O) groups is 1. The number of ether oxygens (including phenoxy) is 2. The molecule has 23 heavy (non-hydrogen) atoms. The molecule has 0 unspecified atom stereocenters. The normalized spacial score (nSPS) is 10.7. The van der Waals surface area contributed by atoms with Crippen LogP contribution in [-0.2, 0) is 0 Å². The molecule has 0 aromatic heterocycles. The van der Waals surface area contributed by atoms with Crippen molar-refractivity contribution in [2.45, 2.75) is 46.5 Å². The highest BCUT2D eigenvalue weighted by Gasteiger charge is 2.13. The van der Waals surface area contributed by atoms with E-state index < -0.39 is 0 Å². The molecule has 2 rings (SSSR count). The summed E-state index contributed by atoms with van der Waals surface area (Å²) < 4.78 is 11.7. The highest BCUT2D eigenvalue weighted by atomic mass is 16.5. The summed E-state index contributed by atoms with van der Waals surface area (Å²) in [6.07, 6.45) is 4.17.